The first-order valence-electron chi connectivity index (χ1n) is 6.26. The molecule has 21 heavy (non-hydrogen) atoms. The van der Waals surface area contributed by atoms with Crippen LogP contribution in [0.2, 0.25) is 0 Å². The molecule has 0 bridgehead atoms. The minimum Gasteiger partial charge on any atom is -0.393 e. The molecule has 0 saturated heterocycles. The predicted molar refractivity (Wildman–Crippen MR) is 82.3 cm³/mol. The zero-order chi connectivity index (χ0) is 15.6. The van der Waals surface area contributed by atoms with Gasteiger partial charge >= 0.3 is 0 Å². The summed E-state index contributed by atoms with van der Waals surface area (Å²) >= 11 is 1.56. The van der Waals surface area contributed by atoms with Crippen LogP contribution in [0.1, 0.15) is 28.2 Å². The molecule has 110 valence electrons. The van der Waals surface area contributed by atoms with Crippen LogP contribution in [0.5, 0.6) is 0 Å². The fraction of sp³-hybridized carbons (Fsp3) is 0.214. The van der Waals surface area contributed by atoms with Crippen molar-refractivity contribution < 1.29 is 9.72 Å². The molecule has 0 radical (unpaired) electrons. The molecule has 2 aromatic rings. The highest BCUT2D eigenvalue weighted by molar-refractivity contribution is 7.10. The number of hydrogen-bond donors (Lipinski definition) is 1. The fourth-order valence-corrected chi connectivity index (χ4v) is 2.76. The Morgan fingerprint density at radius 2 is 2.14 bits per heavy atom. The van der Waals surface area contributed by atoms with Gasteiger partial charge in [0.2, 0.25) is 0 Å². The summed E-state index contributed by atoms with van der Waals surface area (Å²) in [5, 5.41) is 12.8. The third kappa shape index (κ3) is 3.03. The van der Waals surface area contributed by atoms with Gasteiger partial charge in [0.1, 0.15) is 5.69 Å². The number of nitro benzene ring substituents is 1. The largest absolute Gasteiger partial charge is 0.393 e. The van der Waals surface area contributed by atoms with E-state index in [2.05, 4.69) is 0 Å². The van der Waals surface area contributed by atoms with Crippen molar-refractivity contribution in [2.45, 2.75) is 13.0 Å². The van der Waals surface area contributed by atoms with E-state index >= 15 is 0 Å². The SMILES string of the molecule is C[C@H](c1cccs1)N(C)C(=O)c1ccc(N)c([N+](=O)[O-])c1. The van der Waals surface area contributed by atoms with Gasteiger partial charge in [0, 0.05) is 23.6 Å². The number of rotatable bonds is 4. The van der Waals surface area contributed by atoms with Crippen LogP contribution in [0.25, 0.3) is 0 Å². The van der Waals surface area contributed by atoms with Gasteiger partial charge in [0.05, 0.1) is 11.0 Å². The number of nitro groups is 1. The first-order chi connectivity index (χ1) is 9.91. The van der Waals surface area contributed by atoms with Crippen molar-refractivity contribution >= 4 is 28.6 Å². The number of carbonyl (C=O) groups excluding carboxylic acids is 1. The summed E-state index contributed by atoms with van der Waals surface area (Å²) < 4.78 is 0. The van der Waals surface area contributed by atoms with Gasteiger partial charge in [0.25, 0.3) is 11.6 Å². The van der Waals surface area contributed by atoms with Crippen LogP contribution in [0.3, 0.4) is 0 Å². The molecule has 1 amide bonds. The third-order valence-corrected chi connectivity index (χ3v) is 4.37. The van der Waals surface area contributed by atoms with Crippen LogP contribution in [0.4, 0.5) is 11.4 Å². The van der Waals surface area contributed by atoms with Gasteiger partial charge in [-0.1, -0.05) is 6.07 Å². The van der Waals surface area contributed by atoms with E-state index in [1.165, 1.54) is 18.2 Å². The van der Waals surface area contributed by atoms with E-state index in [0.29, 0.717) is 0 Å². The Balaban J connectivity index is 2.27. The lowest BCUT2D eigenvalue weighted by molar-refractivity contribution is -0.383. The first-order valence-corrected chi connectivity index (χ1v) is 7.14. The van der Waals surface area contributed by atoms with E-state index in [4.69, 9.17) is 5.73 Å². The van der Waals surface area contributed by atoms with Crippen molar-refractivity contribution in [2.75, 3.05) is 12.8 Å². The van der Waals surface area contributed by atoms with Gasteiger partial charge < -0.3 is 10.6 Å². The van der Waals surface area contributed by atoms with Crippen molar-refractivity contribution in [3.8, 4) is 0 Å². The molecule has 1 aromatic heterocycles. The molecule has 0 aliphatic rings. The normalized spacial score (nSPS) is 11.9. The number of amides is 1. The smallest absolute Gasteiger partial charge is 0.292 e. The fourth-order valence-electron chi connectivity index (χ4n) is 1.93. The summed E-state index contributed by atoms with van der Waals surface area (Å²) in [6.07, 6.45) is 0. The van der Waals surface area contributed by atoms with Crippen LogP contribution in [-0.4, -0.2) is 22.8 Å². The minimum absolute atomic E-state index is 0.0468. The number of benzene rings is 1. The van der Waals surface area contributed by atoms with Crippen molar-refractivity contribution in [3.63, 3.8) is 0 Å². The lowest BCUT2D eigenvalue weighted by Gasteiger charge is -2.24. The van der Waals surface area contributed by atoms with E-state index in [1.807, 2.05) is 24.4 Å². The molecule has 1 heterocycles. The molecule has 0 unspecified atom stereocenters. The number of nitrogens with zero attached hydrogens (tertiary/aromatic N) is 2. The second-order valence-electron chi connectivity index (χ2n) is 4.64. The first kappa shape index (κ1) is 15.0. The summed E-state index contributed by atoms with van der Waals surface area (Å²) in [6.45, 7) is 1.91. The maximum Gasteiger partial charge on any atom is 0.292 e. The predicted octanol–water partition coefficient (Wildman–Crippen LogP) is 3.07. The average molecular weight is 305 g/mol. The Hall–Kier alpha value is -2.41. The maximum atomic E-state index is 12.4. The molecule has 1 atom stereocenters. The molecular formula is C14H15N3O3S. The van der Waals surface area contributed by atoms with Gasteiger partial charge in [-0.25, -0.2) is 0 Å². The molecule has 2 N–H and O–H groups in total. The van der Waals surface area contributed by atoms with Crippen LogP contribution < -0.4 is 5.73 Å². The van der Waals surface area contributed by atoms with Gasteiger partial charge in [-0.3, -0.25) is 14.9 Å². The molecule has 6 nitrogen and oxygen atoms in total. The molecule has 0 fully saturated rings. The second kappa shape index (κ2) is 5.92. The molecule has 0 saturated carbocycles. The second-order valence-corrected chi connectivity index (χ2v) is 5.62. The van der Waals surface area contributed by atoms with E-state index in [9.17, 15) is 14.9 Å². The zero-order valence-corrected chi connectivity index (χ0v) is 12.5. The summed E-state index contributed by atoms with van der Waals surface area (Å²) in [6, 6.07) is 7.87. The Bertz CT molecular complexity index is 670. The summed E-state index contributed by atoms with van der Waals surface area (Å²) in [7, 11) is 1.68. The van der Waals surface area contributed by atoms with E-state index < -0.39 is 4.92 Å². The lowest BCUT2D eigenvalue weighted by atomic mass is 10.1. The lowest BCUT2D eigenvalue weighted by Crippen LogP contribution is -2.29. The average Bonchev–Trinajstić information content (AvgIpc) is 2.99. The number of hydrogen-bond acceptors (Lipinski definition) is 5. The molecule has 0 aliphatic heterocycles. The van der Waals surface area contributed by atoms with E-state index in [-0.39, 0.29) is 28.9 Å². The van der Waals surface area contributed by atoms with Crippen molar-refractivity contribution in [2.24, 2.45) is 0 Å². The zero-order valence-electron chi connectivity index (χ0n) is 11.6. The highest BCUT2D eigenvalue weighted by Crippen LogP contribution is 2.27. The van der Waals surface area contributed by atoms with Crippen molar-refractivity contribution in [1.82, 2.24) is 4.90 Å². The summed E-state index contributed by atoms with van der Waals surface area (Å²) in [5.41, 5.74) is 5.59. The van der Waals surface area contributed by atoms with Gasteiger partial charge in [0.15, 0.2) is 0 Å². The Morgan fingerprint density at radius 3 is 2.71 bits per heavy atom. The monoisotopic (exact) mass is 305 g/mol. The number of nitrogen functional groups attached to an aromatic ring is 1. The van der Waals surface area contributed by atoms with Crippen LogP contribution >= 0.6 is 11.3 Å². The standard InChI is InChI=1S/C14H15N3O3S/c1-9(13-4-3-7-21-13)16(2)14(18)10-5-6-11(15)12(8-10)17(19)20/h3-9H,15H2,1-2H3/t9-/m1/s1. The van der Waals surface area contributed by atoms with E-state index in [1.54, 1.807) is 23.3 Å². The Kier molecular flexibility index (Phi) is 4.23. The van der Waals surface area contributed by atoms with Gasteiger partial charge in [-0.2, -0.15) is 0 Å². The topological polar surface area (TPSA) is 89.5 Å². The van der Waals surface area contributed by atoms with Crippen LogP contribution in [-0.2, 0) is 0 Å². The van der Waals surface area contributed by atoms with Crippen molar-refractivity contribution in [3.05, 3.63) is 56.3 Å². The third-order valence-electron chi connectivity index (χ3n) is 3.33. The summed E-state index contributed by atoms with van der Waals surface area (Å²) in [5.74, 6) is -0.279. The number of thiophene rings is 1. The van der Waals surface area contributed by atoms with Gasteiger partial charge in [-0.05, 0) is 30.5 Å². The van der Waals surface area contributed by atoms with Crippen LogP contribution in [0, 0.1) is 10.1 Å². The molecule has 7 heteroatoms. The van der Waals surface area contributed by atoms with Crippen molar-refractivity contribution in [1.29, 1.82) is 0 Å². The summed E-state index contributed by atoms with van der Waals surface area (Å²) in [4.78, 5) is 25.3. The quantitative estimate of drug-likeness (QED) is 0.534. The van der Waals surface area contributed by atoms with Gasteiger partial charge in [-0.15, -0.1) is 11.3 Å². The maximum absolute atomic E-state index is 12.4. The molecular weight excluding hydrogens is 290 g/mol. The van der Waals surface area contributed by atoms with Crippen LogP contribution in [0.15, 0.2) is 35.7 Å². The number of carbonyl (C=O) groups is 1. The molecule has 0 aliphatic carbocycles. The Labute approximate surface area is 126 Å². The highest BCUT2D eigenvalue weighted by Gasteiger charge is 2.22. The minimum atomic E-state index is -0.588. The molecule has 1 aromatic carbocycles. The highest BCUT2D eigenvalue weighted by atomic mass is 32.1. The van der Waals surface area contributed by atoms with E-state index in [0.717, 1.165) is 4.88 Å². The number of anilines is 1. The molecule has 0 spiro atoms. The Morgan fingerprint density at radius 1 is 1.43 bits per heavy atom. The number of nitrogens with two attached hydrogens (primary N) is 1. The molecule has 2 rings (SSSR count).